The molecule has 124 valence electrons. The first kappa shape index (κ1) is 15.9. The van der Waals surface area contributed by atoms with E-state index in [0.29, 0.717) is 29.5 Å². The summed E-state index contributed by atoms with van der Waals surface area (Å²) in [6, 6.07) is 9.16. The molecule has 2 heterocycles. The molecule has 0 bridgehead atoms. The number of imidazole rings is 1. The number of hydrogen-bond acceptors (Lipinski definition) is 4. The molecule has 1 N–H and O–H groups in total. The summed E-state index contributed by atoms with van der Waals surface area (Å²) in [6.07, 6.45) is 3.59. The number of aryl methyl sites for hydroxylation is 1. The van der Waals surface area contributed by atoms with E-state index in [9.17, 15) is 4.79 Å². The van der Waals surface area contributed by atoms with Crippen molar-refractivity contribution in [1.82, 2.24) is 9.38 Å². The number of methoxy groups -OCH3 is 1. The number of hydrogen-bond donors (Lipinski definition) is 1. The van der Waals surface area contributed by atoms with Gasteiger partial charge in [-0.25, -0.2) is 4.98 Å². The van der Waals surface area contributed by atoms with Crippen LogP contribution in [0.3, 0.4) is 0 Å². The van der Waals surface area contributed by atoms with Crippen molar-refractivity contribution in [3.05, 3.63) is 54.0 Å². The fraction of sp³-hybridized carbons (Fsp3) is 0.222. The smallest absolute Gasteiger partial charge is 0.275 e. The summed E-state index contributed by atoms with van der Waals surface area (Å²) in [5.74, 6) is 0.934. The number of rotatable bonds is 5. The van der Waals surface area contributed by atoms with Crippen molar-refractivity contribution in [2.75, 3.05) is 19.0 Å². The van der Waals surface area contributed by atoms with Gasteiger partial charge >= 0.3 is 0 Å². The first-order valence-electron chi connectivity index (χ1n) is 7.68. The lowest BCUT2D eigenvalue weighted by Gasteiger charge is -2.11. The van der Waals surface area contributed by atoms with Crippen molar-refractivity contribution in [3.63, 3.8) is 0 Å². The lowest BCUT2D eigenvalue weighted by atomic mass is 10.2. The molecule has 0 atom stereocenters. The minimum absolute atomic E-state index is 0.275. The number of aromatic nitrogens is 2. The SMILES string of the molecule is CCOc1ccc(NC(=O)c2cn3ccc(C)cc3n2)cc1OC. The molecule has 0 fully saturated rings. The standard InChI is InChI=1S/C18H19N3O3/c1-4-24-15-6-5-13(10-16(15)23-3)19-18(22)14-11-21-8-7-12(2)9-17(21)20-14/h5-11H,4H2,1-3H3,(H,19,22). The van der Waals surface area contributed by atoms with E-state index >= 15 is 0 Å². The van der Waals surface area contributed by atoms with E-state index in [1.807, 2.05) is 36.6 Å². The Balaban J connectivity index is 1.82. The van der Waals surface area contributed by atoms with Crippen LogP contribution in [-0.2, 0) is 0 Å². The molecular weight excluding hydrogens is 306 g/mol. The number of nitrogens with one attached hydrogen (secondary N) is 1. The Morgan fingerprint density at radius 1 is 1.25 bits per heavy atom. The predicted molar refractivity (Wildman–Crippen MR) is 92.0 cm³/mol. The Hall–Kier alpha value is -3.02. The maximum Gasteiger partial charge on any atom is 0.275 e. The second-order valence-electron chi connectivity index (χ2n) is 5.35. The molecule has 2 aromatic heterocycles. The molecule has 0 aliphatic heterocycles. The summed E-state index contributed by atoms with van der Waals surface area (Å²) in [7, 11) is 1.56. The monoisotopic (exact) mass is 325 g/mol. The van der Waals surface area contributed by atoms with E-state index in [1.54, 1.807) is 31.5 Å². The van der Waals surface area contributed by atoms with Crippen LogP contribution in [-0.4, -0.2) is 29.0 Å². The maximum absolute atomic E-state index is 12.4. The third kappa shape index (κ3) is 3.17. The quantitative estimate of drug-likeness (QED) is 0.782. The second kappa shape index (κ2) is 6.62. The zero-order valence-corrected chi connectivity index (χ0v) is 13.9. The minimum Gasteiger partial charge on any atom is -0.493 e. The number of fused-ring (bicyclic) bond motifs is 1. The van der Waals surface area contributed by atoms with E-state index in [0.717, 1.165) is 11.2 Å². The maximum atomic E-state index is 12.4. The van der Waals surface area contributed by atoms with Gasteiger partial charge in [-0.05, 0) is 43.7 Å². The third-order valence-corrected chi connectivity index (χ3v) is 3.57. The van der Waals surface area contributed by atoms with Crippen LogP contribution in [0.4, 0.5) is 5.69 Å². The van der Waals surface area contributed by atoms with Gasteiger partial charge in [-0.1, -0.05) is 0 Å². The number of ether oxygens (including phenoxy) is 2. The zero-order valence-electron chi connectivity index (χ0n) is 13.9. The summed E-state index contributed by atoms with van der Waals surface area (Å²) >= 11 is 0. The highest BCUT2D eigenvalue weighted by molar-refractivity contribution is 6.03. The number of anilines is 1. The average molecular weight is 325 g/mol. The Kier molecular flexibility index (Phi) is 4.37. The topological polar surface area (TPSA) is 64.9 Å². The van der Waals surface area contributed by atoms with Crippen LogP contribution < -0.4 is 14.8 Å². The van der Waals surface area contributed by atoms with Crippen molar-refractivity contribution in [3.8, 4) is 11.5 Å². The van der Waals surface area contributed by atoms with E-state index in [4.69, 9.17) is 9.47 Å². The van der Waals surface area contributed by atoms with Gasteiger partial charge in [0.05, 0.1) is 13.7 Å². The summed E-state index contributed by atoms with van der Waals surface area (Å²) < 4.78 is 12.6. The molecule has 24 heavy (non-hydrogen) atoms. The molecular formula is C18H19N3O3. The summed E-state index contributed by atoms with van der Waals surface area (Å²) in [5, 5.41) is 2.83. The third-order valence-electron chi connectivity index (χ3n) is 3.57. The molecule has 0 radical (unpaired) electrons. The first-order chi connectivity index (χ1) is 11.6. The highest BCUT2D eigenvalue weighted by Gasteiger charge is 2.13. The summed E-state index contributed by atoms with van der Waals surface area (Å²) in [4.78, 5) is 16.8. The number of pyridine rings is 1. The lowest BCUT2D eigenvalue weighted by molar-refractivity contribution is 0.102. The van der Waals surface area contributed by atoms with Crippen LogP contribution in [0.15, 0.2) is 42.7 Å². The lowest BCUT2D eigenvalue weighted by Crippen LogP contribution is -2.12. The number of carbonyl (C=O) groups is 1. The molecule has 0 saturated carbocycles. The van der Waals surface area contributed by atoms with Gasteiger partial charge in [-0.2, -0.15) is 0 Å². The van der Waals surface area contributed by atoms with Crippen LogP contribution in [0, 0.1) is 6.92 Å². The van der Waals surface area contributed by atoms with Crippen molar-refractivity contribution >= 4 is 17.2 Å². The van der Waals surface area contributed by atoms with Crippen LogP contribution in [0.25, 0.3) is 5.65 Å². The molecule has 3 aromatic rings. The normalized spacial score (nSPS) is 10.6. The second-order valence-corrected chi connectivity index (χ2v) is 5.35. The zero-order chi connectivity index (χ0) is 17.1. The van der Waals surface area contributed by atoms with Crippen LogP contribution in [0.5, 0.6) is 11.5 Å². The van der Waals surface area contributed by atoms with Crippen molar-refractivity contribution in [1.29, 1.82) is 0 Å². The van der Waals surface area contributed by atoms with E-state index in [-0.39, 0.29) is 5.91 Å². The number of amides is 1. The molecule has 0 saturated heterocycles. The number of benzene rings is 1. The fourth-order valence-corrected chi connectivity index (χ4v) is 2.41. The molecule has 1 amide bonds. The van der Waals surface area contributed by atoms with Crippen LogP contribution in [0.2, 0.25) is 0 Å². The van der Waals surface area contributed by atoms with Gasteiger partial charge in [0.15, 0.2) is 11.5 Å². The molecule has 6 heteroatoms. The van der Waals surface area contributed by atoms with Gasteiger partial charge in [0.1, 0.15) is 11.3 Å². The number of nitrogens with zero attached hydrogens (tertiary/aromatic N) is 2. The van der Waals surface area contributed by atoms with Crippen molar-refractivity contribution < 1.29 is 14.3 Å². The Bertz CT molecular complexity index is 886. The van der Waals surface area contributed by atoms with Gasteiger partial charge < -0.3 is 19.2 Å². The fourth-order valence-electron chi connectivity index (χ4n) is 2.41. The van der Waals surface area contributed by atoms with E-state index in [1.165, 1.54) is 0 Å². The molecule has 1 aromatic carbocycles. The molecule has 6 nitrogen and oxygen atoms in total. The Labute approximate surface area is 140 Å². The van der Waals surface area contributed by atoms with Gasteiger partial charge in [0.25, 0.3) is 5.91 Å². The molecule has 0 aliphatic carbocycles. The molecule has 0 aliphatic rings. The van der Waals surface area contributed by atoms with E-state index in [2.05, 4.69) is 10.3 Å². The predicted octanol–water partition coefficient (Wildman–Crippen LogP) is 3.30. The molecule has 0 unspecified atom stereocenters. The summed E-state index contributed by atoms with van der Waals surface area (Å²) in [5.41, 5.74) is 2.81. The first-order valence-corrected chi connectivity index (χ1v) is 7.68. The van der Waals surface area contributed by atoms with E-state index < -0.39 is 0 Å². The van der Waals surface area contributed by atoms with Crippen LogP contribution in [0.1, 0.15) is 23.0 Å². The highest BCUT2D eigenvalue weighted by atomic mass is 16.5. The van der Waals surface area contributed by atoms with Crippen molar-refractivity contribution in [2.45, 2.75) is 13.8 Å². The highest BCUT2D eigenvalue weighted by Crippen LogP contribution is 2.30. The largest absolute Gasteiger partial charge is 0.493 e. The number of carbonyl (C=O) groups excluding carboxylic acids is 1. The van der Waals surface area contributed by atoms with Gasteiger partial charge in [0, 0.05) is 24.1 Å². The minimum atomic E-state index is -0.275. The van der Waals surface area contributed by atoms with Gasteiger partial charge in [0.2, 0.25) is 0 Å². The Morgan fingerprint density at radius 3 is 2.83 bits per heavy atom. The molecule has 0 spiro atoms. The Morgan fingerprint density at radius 2 is 2.08 bits per heavy atom. The van der Waals surface area contributed by atoms with Crippen molar-refractivity contribution in [2.24, 2.45) is 0 Å². The van der Waals surface area contributed by atoms with Gasteiger partial charge in [-0.3, -0.25) is 4.79 Å². The van der Waals surface area contributed by atoms with Crippen LogP contribution >= 0.6 is 0 Å². The average Bonchev–Trinajstić information content (AvgIpc) is 2.99. The molecule has 3 rings (SSSR count). The van der Waals surface area contributed by atoms with Gasteiger partial charge in [-0.15, -0.1) is 0 Å². The summed E-state index contributed by atoms with van der Waals surface area (Å²) in [6.45, 7) is 4.43.